The first-order chi connectivity index (χ1) is 12.1. The minimum absolute atomic E-state index is 0.992. The van der Waals surface area contributed by atoms with Gasteiger partial charge in [0.2, 0.25) is 0 Å². The number of aryl methyl sites for hydroxylation is 3. The Labute approximate surface area is 148 Å². The molecule has 0 aliphatic rings. The summed E-state index contributed by atoms with van der Waals surface area (Å²) in [6.07, 6.45) is 1.12. The topological polar surface area (TPSA) is 21.1 Å². The minimum Gasteiger partial charge on any atom is -0.325 e. The zero-order valence-electron chi connectivity index (χ0n) is 15.5. The Morgan fingerprint density at radius 2 is 1.72 bits per heavy atom. The highest BCUT2D eigenvalue weighted by molar-refractivity contribution is 6.12. The summed E-state index contributed by atoms with van der Waals surface area (Å²) in [5.74, 6) is 0. The Morgan fingerprint density at radius 1 is 0.960 bits per heavy atom. The van der Waals surface area contributed by atoms with Gasteiger partial charge >= 0.3 is 0 Å². The van der Waals surface area contributed by atoms with Gasteiger partial charge in [0, 0.05) is 22.7 Å². The Morgan fingerprint density at radius 3 is 2.52 bits per heavy atom. The van der Waals surface area contributed by atoms with Crippen molar-refractivity contribution in [2.75, 3.05) is 20.6 Å². The number of benzene rings is 2. The highest BCUT2D eigenvalue weighted by atomic mass is 15.1. The predicted molar refractivity (Wildman–Crippen MR) is 107 cm³/mol. The molecule has 0 N–H and O–H groups in total. The highest BCUT2D eigenvalue weighted by Gasteiger charge is 2.16. The maximum absolute atomic E-state index is 5.12. The van der Waals surface area contributed by atoms with Gasteiger partial charge in [-0.1, -0.05) is 36.4 Å². The maximum Gasteiger partial charge on any atom is 0.142 e. The van der Waals surface area contributed by atoms with Crippen LogP contribution in [-0.4, -0.2) is 35.1 Å². The molecule has 4 rings (SSSR count). The normalized spacial score (nSPS) is 12.0. The molecular formula is C22H25N3. The first-order valence-corrected chi connectivity index (χ1v) is 8.99. The average Bonchev–Trinajstić information content (AvgIpc) is 2.90. The van der Waals surface area contributed by atoms with Crippen molar-refractivity contribution in [3.8, 4) is 0 Å². The van der Waals surface area contributed by atoms with Crippen LogP contribution >= 0.6 is 0 Å². The van der Waals surface area contributed by atoms with Crippen molar-refractivity contribution in [2.24, 2.45) is 0 Å². The van der Waals surface area contributed by atoms with Gasteiger partial charge in [0.25, 0.3) is 0 Å². The van der Waals surface area contributed by atoms with Gasteiger partial charge < -0.3 is 9.47 Å². The molecule has 0 saturated carbocycles. The van der Waals surface area contributed by atoms with Crippen LogP contribution in [0.3, 0.4) is 0 Å². The number of pyridine rings is 1. The average molecular weight is 331 g/mol. The van der Waals surface area contributed by atoms with Crippen LogP contribution in [0.4, 0.5) is 0 Å². The van der Waals surface area contributed by atoms with Gasteiger partial charge in [-0.05, 0) is 58.1 Å². The quantitative estimate of drug-likeness (QED) is 0.530. The highest BCUT2D eigenvalue weighted by Crippen LogP contribution is 2.34. The number of nitrogens with zero attached hydrogens (tertiary/aromatic N) is 3. The third-order valence-electron chi connectivity index (χ3n) is 5.16. The van der Waals surface area contributed by atoms with E-state index in [1.165, 1.54) is 32.8 Å². The minimum atomic E-state index is 0.992. The molecule has 4 aromatic rings. The summed E-state index contributed by atoms with van der Waals surface area (Å²) in [6.45, 7) is 6.47. The van der Waals surface area contributed by atoms with Crippen LogP contribution in [0.25, 0.3) is 32.8 Å². The summed E-state index contributed by atoms with van der Waals surface area (Å²) in [5.41, 5.74) is 6.13. The SMILES string of the molecule is Cc1cccc2c(C)c3c4ccccc4n(CCCN(C)C)c3nc12. The first kappa shape index (κ1) is 16.1. The molecule has 3 heteroatoms. The van der Waals surface area contributed by atoms with Crippen molar-refractivity contribution in [1.29, 1.82) is 0 Å². The van der Waals surface area contributed by atoms with Crippen LogP contribution in [0.15, 0.2) is 42.5 Å². The van der Waals surface area contributed by atoms with E-state index in [2.05, 4.69) is 79.9 Å². The van der Waals surface area contributed by atoms with E-state index in [1.807, 2.05) is 0 Å². The number of para-hydroxylation sites is 2. The van der Waals surface area contributed by atoms with Crippen LogP contribution in [0.5, 0.6) is 0 Å². The van der Waals surface area contributed by atoms with Crippen LogP contribution in [0.2, 0.25) is 0 Å². The van der Waals surface area contributed by atoms with Crippen LogP contribution in [-0.2, 0) is 6.54 Å². The fraction of sp³-hybridized carbons (Fsp3) is 0.318. The van der Waals surface area contributed by atoms with Crippen molar-refractivity contribution >= 4 is 32.8 Å². The lowest BCUT2D eigenvalue weighted by Gasteiger charge is -2.12. The van der Waals surface area contributed by atoms with Crippen molar-refractivity contribution in [2.45, 2.75) is 26.8 Å². The molecule has 0 amide bonds. The molecule has 0 aliphatic carbocycles. The van der Waals surface area contributed by atoms with Crippen molar-refractivity contribution in [1.82, 2.24) is 14.5 Å². The largest absolute Gasteiger partial charge is 0.325 e. The van der Waals surface area contributed by atoms with Crippen molar-refractivity contribution < 1.29 is 0 Å². The molecule has 25 heavy (non-hydrogen) atoms. The van der Waals surface area contributed by atoms with Crippen molar-refractivity contribution in [3.05, 3.63) is 53.6 Å². The number of aromatic nitrogens is 2. The van der Waals surface area contributed by atoms with Crippen molar-refractivity contribution in [3.63, 3.8) is 0 Å². The number of hydrogen-bond donors (Lipinski definition) is 0. The van der Waals surface area contributed by atoms with E-state index >= 15 is 0 Å². The van der Waals surface area contributed by atoms with E-state index in [4.69, 9.17) is 4.98 Å². The molecule has 0 unspecified atom stereocenters. The van der Waals surface area contributed by atoms with Gasteiger partial charge in [0.15, 0.2) is 0 Å². The lowest BCUT2D eigenvalue weighted by Crippen LogP contribution is -2.15. The Bertz CT molecular complexity index is 1070. The van der Waals surface area contributed by atoms with Gasteiger partial charge in [0.05, 0.1) is 11.0 Å². The molecule has 3 nitrogen and oxygen atoms in total. The van der Waals surface area contributed by atoms with Crippen LogP contribution in [0, 0.1) is 13.8 Å². The van der Waals surface area contributed by atoms with E-state index in [0.717, 1.165) is 30.7 Å². The van der Waals surface area contributed by atoms with E-state index in [-0.39, 0.29) is 0 Å². The summed E-state index contributed by atoms with van der Waals surface area (Å²) in [4.78, 5) is 7.36. The van der Waals surface area contributed by atoms with Gasteiger partial charge in [-0.2, -0.15) is 0 Å². The third-order valence-corrected chi connectivity index (χ3v) is 5.16. The molecule has 2 aromatic heterocycles. The second-order valence-corrected chi connectivity index (χ2v) is 7.23. The summed E-state index contributed by atoms with van der Waals surface area (Å²) < 4.78 is 2.41. The summed E-state index contributed by atoms with van der Waals surface area (Å²) in [6, 6.07) is 15.2. The smallest absolute Gasteiger partial charge is 0.142 e. The molecule has 0 saturated heterocycles. The number of fused-ring (bicyclic) bond motifs is 4. The fourth-order valence-electron chi connectivity index (χ4n) is 3.90. The Balaban J connectivity index is 2.04. The summed E-state index contributed by atoms with van der Waals surface area (Å²) >= 11 is 0. The molecule has 0 bridgehead atoms. The van der Waals surface area contributed by atoms with Gasteiger partial charge in [-0.3, -0.25) is 0 Å². The van der Waals surface area contributed by atoms with Gasteiger partial charge in [-0.25, -0.2) is 4.98 Å². The molecule has 0 atom stereocenters. The zero-order valence-corrected chi connectivity index (χ0v) is 15.5. The molecular weight excluding hydrogens is 306 g/mol. The fourth-order valence-corrected chi connectivity index (χ4v) is 3.90. The molecule has 2 aromatic carbocycles. The van der Waals surface area contributed by atoms with E-state index in [1.54, 1.807) is 0 Å². The number of rotatable bonds is 4. The Kier molecular flexibility index (Phi) is 3.97. The standard InChI is InChI=1S/C22H25N3/c1-15-9-7-11-17-16(2)20-18-10-5-6-12-19(18)25(14-8-13-24(3)4)22(20)23-21(15)17/h5-7,9-12H,8,13-14H2,1-4H3. The van der Waals surface area contributed by atoms with Crippen LogP contribution < -0.4 is 0 Å². The molecule has 0 fully saturated rings. The third kappa shape index (κ3) is 2.59. The van der Waals surface area contributed by atoms with E-state index in [0.29, 0.717) is 0 Å². The molecule has 128 valence electrons. The van der Waals surface area contributed by atoms with Gasteiger partial charge in [0.1, 0.15) is 5.65 Å². The second-order valence-electron chi connectivity index (χ2n) is 7.23. The monoisotopic (exact) mass is 331 g/mol. The summed E-state index contributed by atoms with van der Waals surface area (Å²) in [5, 5.41) is 3.89. The Hall–Kier alpha value is -2.39. The van der Waals surface area contributed by atoms with Crippen LogP contribution in [0.1, 0.15) is 17.5 Å². The molecule has 2 heterocycles. The molecule has 0 aliphatic heterocycles. The maximum atomic E-state index is 5.12. The summed E-state index contributed by atoms with van der Waals surface area (Å²) in [7, 11) is 4.26. The molecule has 0 radical (unpaired) electrons. The molecule has 0 spiro atoms. The van der Waals surface area contributed by atoms with Gasteiger partial charge in [-0.15, -0.1) is 0 Å². The van der Waals surface area contributed by atoms with E-state index < -0.39 is 0 Å². The second kappa shape index (κ2) is 6.16. The number of hydrogen-bond acceptors (Lipinski definition) is 2. The zero-order chi connectivity index (χ0) is 17.6. The first-order valence-electron chi connectivity index (χ1n) is 8.99. The lowest BCUT2D eigenvalue weighted by atomic mass is 10.0. The van der Waals surface area contributed by atoms with E-state index in [9.17, 15) is 0 Å². The predicted octanol–water partition coefficient (Wildman–Crippen LogP) is 4.91. The lowest BCUT2D eigenvalue weighted by molar-refractivity contribution is 0.389.